The summed E-state index contributed by atoms with van der Waals surface area (Å²) >= 11 is 0. The van der Waals surface area contributed by atoms with Crippen LogP contribution in [0.25, 0.3) is 0 Å². The van der Waals surface area contributed by atoms with Crippen LogP contribution in [0.5, 0.6) is 0 Å². The van der Waals surface area contributed by atoms with Crippen LogP contribution in [0.15, 0.2) is 12.7 Å². The molecule has 48 heavy (non-hydrogen) atoms. The van der Waals surface area contributed by atoms with E-state index in [4.69, 9.17) is 24.3 Å². The second-order valence-corrected chi connectivity index (χ2v) is 14.7. The van der Waals surface area contributed by atoms with E-state index in [0.717, 1.165) is 38.5 Å². The summed E-state index contributed by atoms with van der Waals surface area (Å²) in [5.74, 6) is -0.824. The molecule has 10 heteroatoms. The highest BCUT2D eigenvalue weighted by molar-refractivity contribution is 7.47. The van der Waals surface area contributed by atoms with Gasteiger partial charge in [0.2, 0.25) is 0 Å². The molecule has 284 valence electrons. The average molecular weight is 704 g/mol. The van der Waals surface area contributed by atoms with Crippen molar-refractivity contribution in [2.45, 2.75) is 193 Å². The normalized spacial score (nSPS) is 13.2. The molecule has 1 unspecified atom stereocenters. The first-order valence-electron chi connectivity index (χ1n) is 19.6. The predicted molar refractivity (Wildman–Crippen MR) is 197 cm³/mol. The van der Waals surface area contributed by atoms with Gasteiger partial charge in [0.1, 0.15) is 6.61 Å². The van der Waals surface area contributed by atoms with Crippen LogP contribution in [-0.4, -0.2) is 49.3 Å². The number of hydrogen-bond donors (Lipinski definition) is 2. The fourth-order valence-electron chi connectivity index (χ4n) is 5.61. The van der Waals surface area contributed by atoms with Crippen LogP contribution in [-0.2, 0) is 32.7 Å². The van der Waals surface area contributed by atoms with E-state index < -0.39 is 26.5 Å². The first-order chi connectivity index (χ1) is 23.3. The minimum absolute atomic E-state index is 0.0557. The van der Waals surface area contributed by atoms with E-state index in [9.17, 15) is 19.0 Å². The number of carbonyl (C=O) groups excluding carboxylic acids is 2. The molecule has 0 fully saturated rings. The number of nitrogens with two attached hydrogens (primary N) is 1. The van der Waals surface area contributed by atoms with Gasteiger partial charge in [0.15, 0.2) is 6.10 Å². The molecule has 0 spiro atoms. The van der Waals surface area contributed by atoms with Crippen molar-refractivity contribution in [3.8, 4) is 0 Å². The number of hydrogen-bond acceptors (Lipinski definition) is 8. The van der Waals surface area contributed by atoms with Crippen molar-refractivity contribution in [3.63, 3.8) is 0 Å². The summed E-state index contributed by atoms with van der Waals surface area (Å²) < 4.78 is 32.7. The maximum absolute atomic E-state index is 12.5. The Morgan fingerprint density at radius 2 is 1.06 bits per heavy atom. The van der Waals surface area contributed by atoms with Crippen molar-refractivity contribution in [1.29, 1.82) is 0 Å². The molecule has 0 saturated heterocycles. The minimum atomic E-state index is -4.36. The third-order valence-electron chi connectivity index (χ3n) is 8.55. The first-order valence-corrected chi connectivity index (χ1v) is 21.1. The van der Waals surface area contributed by atoms with Crippen LogP contribution in [0.3, 0.4) is 0 Å². The van der Waals surface area contributed by atoms with Crippen LogP contribution in [0.1, 0.15) is 187 Å². The summed E-state index contributed by atoms with van der Waals surface area (Å²) in [5.41, 5.74) is 5.33. The third-order valence-corrected chi connectivity index (χ3v) is 9.53. The maximum atomic E-state index is 12.5. The lowest BCUT2D eigenvalue weighted by molar-refractivity contribution is -0.161. The zero-order chi connectivity index (χ0) is 35.4. The van der Waals surface area contributed by atoms with Gasteiger partial charge in [-0.15, -0.1) is 6.58 Å². The highest BCUT2D eigenvalue weighted by atomic mass is 31.2. The number of esters is 2. The van der Waals surface area contributed by atoms with E-state index in [1.54, 1.807) is 0 Å². The summed E-state index contributed by atoms with van der Waals surface area (Å²) in [6, 6.07) is 0. The molecule has 3 N–H and O–H groups in total. The molecule has 0 saturated carbocycles. The topological polar surface area (TPSA) is 134 Å². The van der Waals surface area contributed by atoms with Gasteiger partial charge < -0.3 is 20.1 Å². The molecule has 0 aromatic rings. The first kappa shape index (κ1) is 46.8. The van der Waals surface area contributed by atoms with Crippen molar-refractivity contribution < 1.29 is 37.6 Å². The molecule has 0 aromatic heterocycles. The van der Waals surface area contributed by atoms with E-state index in [1.165, 1.54) is 122 Å². The smallest absolute Gasteiger partial charge is 0.462 e. The quantitative estimate of drug-likeness (QED) is 0.0279. The Kier molecular flexibility index (Phi) is 34.6. The molecule has 0 bridgehead atoms. The molecule has 2 atom stereocenters. The third kappa shape index (κ3) is 34.6. The maximum Gasteiger partial charge on any atom is 0.472 e. The highest BCUT2D eigenvalue weighted by Gasteiger charge is 2.26. The monoisotopic (exact) mass is 704 g/mol. The van der Waals surface area contributed by atoms with Crippen LogP contribution >= 0.6 is 7.82 Å². The van der Waals surface area contributed by atoms with Gasteiger partial charge in [-0.2, -0.15) is 0 Å². The largest absolute Gasteiger partial charge is 0.472 e. The minimum Gasteiger partial charge on any atom is -0.462 e. The van der Waals surface area contributed by atoms with E-state index in [0.29, 0.717) is 6.42 Å². The van der Waals surface area contributed by atoms with Crippen molar-refractivity contribution in [3.05, 3.63) is 12.7 Å². The van der Waals surface area contributed by atoms with Gasteiger partial charge in [0.25, 0.3) is 0 Å². The van der Waals surface area contributed by atoms with Crippen molar-refractivity contribution >= 4 is 19.8 Å². The molecule has 0 radical (unpaired) electrons. The summed E-state index contributed by atoms with van der Waals surface area (Å²) in [7, 11) is -4.36. The summed E-state index contributed by atoms with van der Waals surface area (Å²) in [4.78, 5) is 34.7. The Bertz CT molecular complexity index is 797. The van der Waals surface area contributed by atoms with E-state index in [1.807, 2.05) is 6.08 Å². The van der Waals surface area contributed by atoms with Gasteiger partial charge in [-0.25, -0.2) is 4.57 Å². The number of rotatable bonds is 38. The van der Waals surface area contributed by atoms with Crippen LogP contribution in [0.2, 0.25) is 0 Å². The van der Waals surface area contributed by atoms with Gasteiger partial charge in [-0.1, -0.05) is 154 Å². The summed E-state index contributed by atoms with van der Waals surface area (Å²) in [5, 5.41) is 0. The molecular weight excluding hydrogens is 629 g/mol. The number of ether oxygens (including phenoxy) is 2. The van der Waals surface area contributed by atoms with Gasteiger partial charge >= 0.3 is 19.8 Å². The molecule has 9 nitrogen and oxygen atoms in total. The lowest BCUT2D eigenvalue weighted by atomic mass is 10.0. The van der Waals surface area contributed by atoms with Crippen molar-refractivity contribution in [2.24, 2.45) is 5.73 Å². The Labute approximate surface area is 294 Å². The fraction of sp³-hybridized carbons (Fsp3) is 0.895. The molecule has 0 aromatic carbocycles. The van der Waals surface area contributed by atoms with Crippen LogP contribution in [0.4, 0.5) is 0 Å². The molecule has 0 aliphatic carbocycles. The molecule has 0 heterocycles. The number of carbonyl (C=O) groups is 2. The average Bonchev–Trinajstić information content (AvgIpc) is 3.07. The molecule has 0 aliphatic heterocycles. The number of phosphoric acid groups is 1. The SMILES string of the molecule is C=CCCCCCCCCCCCCCCCC(=O)OC[C@H](COP(=O)(O)OCCN)OC(=O)CCCCCCCCCCCCCC. The molecule has 0 rings (SSSR count). The van der Waals surface area contributed by atoms with Gasteiger partial charge in [-0.3, -0.25) is 18.6 Å². The Hall–Kier alpha value is -1.25. The number of unbranched alkanes of at least 4 members (excludes halogenated alkanes) is 24. The lowest BCUT2D eigenvalue weighted by Gasteiger charge is -2.19. The van der Waals surface area contributed by atoms with Gasteiger partial charge in [-0.05, 0) is 25.7 Å². The van der Waals surface area contributed by atoms with Crippen molar-refractivity contribution in [2.75, 3.05) is 26.4 Å². The van der Waals surface area contributed by atoms with Crippen LogP contribution < -0.4 is 5.73 Å². The van der Waals surface area contributed by atoms with E-state index >= 15 is 0 Å². The standard InChI is InChI=1S/C38H74NO8P/c1-3-5-7-9-11-13-15-17-18-19-21-22-24-26-28-30-37(40)44-34-36(35-46-48(42,43)45-33-32-39)47-38(41)31-29-27-25-23-20-16-14-12-10-8-6-4-2/h3,36H,1,4-35,39H2,2H3,(H,42,43)/t36-/m1/s1. The summed E-state index contributed by atoms with van der Waals surface area (Å²) in [6.45, 7) is 5.25. The van der Waals surface area contributed by atoms with Crippen LogP contribution in [0, 0.1) is 0 Å². The summed E-state index contributed by atoms with van der Waals surface area (Å²) in [6.07, 6.45) is 32.7. The second-order valence-electron chi connectivity index (χ2n) is 13.2. The zero-order valence-electron chi connectivity index (χ0n) is 30.8. The number of phosphoric ester groups is 1. The zero-order valence-corrected chi connectivity index (χ0v) is 31.7. The lowest BCUT2D eigenvalue weighted by Crippen LogP contribution is -2.29. The van der Waals surface area contributed by atoms with Crippen molar-refractivity contribution in [1.82, 2.24) is 0 Å². The van der Waals surface area contributed by atoms with Gasteiger partial charge in [0, 0.05) is 19.4 Å². The molecule has 0 amide bonds. The van der Waals surface area contributed by atoms with E-state index in [-0.39, 0.29) is 38.6 Å². The number of allylic oxidation sites excluding steroid dienone is 1. The highest BCUT2D eigenvalue weighted by Crippen LogP contribution is 2.43. The Morgan fingerprint density at radius 3 is 1.50 bits per heavy atom. The predicted octanol–water partition coefficient (Wildman–Crippen LogP) is 10.7. The molecular formula is C38H74NO8P. The Balaban J connectivity index is 4.15. The second kappa shape index (κ2) is 35.6. The van der Waals surface area contributed by atoms with Gasteiger partial charge in [0.05, 0.1) is 13.2 Å². The fourth-order valence-corrected chi connectivity index (χ4v) is 6.38. The van der Waals surface area contributed by atoms with E-state index in [2.05, 4.69) is 13.5 Å². The Morgan fingerprint density at radius 1 is 0.646 bits per heavy atom. The molecule has 0 aliphatic rings.